The van der Waals surface area contributed by atoms with E-state index in [9.17, 15) is 4.39 Å². The van der Waals surface area contributed by atoms with Gasteiger partial charge in [-0.15, -0.1) is 11.3 Å². The standard InChI is InChI=1S/C12H9FN2OS/c1-7-11(6-14)17-12(15-7)9-5-8(13)3-4-10(9)16-2/h3-5H,1-2H3. The van der Waals surface area contributed by atoms with Gasteiger partial charge in [-0.3, -0.25) is 0 Å². The van der Waals surface area contributed by atoms with Gasteiger partial charge in [0.2, 0.25) is 0 Å². The summed E-state index contributed by atoms with van der Waals surface area (Å²) in [5.41, 5.74) is 1.22. The van der Waals surface area contributed by atoms with Gasteiger partial charge >= 0.3 is 0 Å². The number of nitriles is 1. The molecule has 86 valence electrons. The van der Waals surface area contributed by atoms with E-state index in [0.717, 1.165) is 0 Å². The number of aromatic nitrogens is 1. The van der Waals surface area contributed by atoms with Crippen LogP contribution in [0.1, 0.15) is 10.6 Å². The average Bonchev–Trinajstić information content (AvgIpc) is 2.70. The van der Waals surface area contributed by atoms with Gasteiger partial charge < -0.3 is 4.74 Å². The molecule has 0 fully saturated rings. The number of nitrogens with zero attached hydrogens (tertiary/aromatic N) is 2. The number of aryl methyl sites for hydroxylation is 1. The molecule has 0 amide bonds. The molecule has 0 N–H and O–H groups in total. The van der Waals surface area contributed by atoms with E-state index in [4.69, 9.17) is 10.00 Å². The van der Waals surface area contributed by atoms with Crippen LogP contribution < -0.4 is 4.74 Å². The normalized spacial score (nSPS) is 10.0. The summed E-state index contributed by atoms with van der Waals surface area (Å²) in [6.45, 7) is 1.75. The predicted molar refractivity (Wildman–Crippen MR) is 63.5 cm³/mol. The molecular weight excluding hydrogens is 239 g/mol. The number of hydrogen-bond acceptors (Lipinski definition) is 4. The molecule has 1 heterocycles. The lowest BCUT2D eigenvalue weighted by atomic mass is 10.2. The van der Waals surface area contributed by atoms with Crippen molar-refractivity contribution in [1.29, 1.82) is 5.26 Å². The first kappa shape index (κ1) is 11.6. The summed E-state index contributed by atoms with van der Waals surface area (Å²) in [7, 11) is 1.52. The number of halogens is 1. The number of thiazole rings is 1. The summed E-state index contributed by atoms with van der Waals surface area (Å²) in [5.74, 6) is 0.191. The van der Waals surface area contributed by atoms with Crippen molar-refractivity contribution in [3.8, 4) is 22.4 Å². The molecule has 0 saturated carbocycles. The van der Waals surface area contributed by atoms with E-state index in [1.54, 1.807) is 13.0 Å². The second-order valence-corrected chi connectivity index (χ2v) is 4.39. The SMILES string of the molecule is COc1ccc(F)cc1-c1nc(C)c(C#N)s1. The summed E-state index contributed by atoms with van der Waals surface area (Å²) >= 11 is 1.23. The van der Waals surface area contributed by atoms with Crippen LogP contribution in [0.15, 0.2) is 18.2 Å². The molecule has 1 aromatic heterocycles. The summed E-state index contributed by atoms with van der Waals surface area (Å²) in [4.78, 5) is 4.78. The van der Waals surface area contributed by atoms with Gasteiger partial charge in [-0.2, -0.15) is 5.26 Å². The Morgan fingerprint density at radius 2 is 2.24 bits per heavy atom. The van der Waals surface area contributed by atoms with Gasteiger partial charge in [0.1, 0.15) is 27.5 Å². The Kier molecular flexibility index (Phi) is 3.07. The van der Waals surface area contributed by atoms with Crippen molar-refractivity contribution in [2.45, 2.75) is 6.92 Å². The van der Waals surface area contributed by atoms with E-state index >= 15 is 0 Å². The number of methoxy groups -OCH3 is 1. The van der Waals surface area contributed by atoms with Crippen LogP contribution in [0.5, 0.6) is 5.75 Å². The highest BCUT2D eigenvalue weighted by Crippen LogP contribution is 2.34. The predicted octanol–water partition coefficient (Wildman–Crippen LogP) is 3.14. The molecule has 5 heteroatoms. The van der Waals surface area contributed by atoms with Gasteiger partial charge in [-0.05, 0) is 25.1 Å². The lowest BCUT2D eigenvalue weighted by molar-refractivity contribution is 0.415. The van der Waals surface area contributed by atoms with Crippen LogP contribution in [0.2, 0.25) is 0 Å². The summed E-state index contributed by atoms with van der Waals surface area (Å²) in [6, 6.07) is 6.29. The first-order valence-corrected chi connectivity index (χ1v) is 5.68. The van der Waals surface area contributed by atoms with Crippen molar-refractivity contribution in [1.82, 2.24) is 4.98 Å². The first-order chi connectivity index (χ1) is 8.15. The Hall–Kier alpha value is -1.93. The second kappa shape index (κ2) is 4.52. The molecule has 0 aliphatic carbocycles. The average molecular weight is 248 g/mol. The van der Waals surface area contributed by atoms with E-state index in [0.29, 0.717) is 26.9 Å². The number of ether oxygens (including phenoxy) is 1. The molecule has 0 radical (unpaired) electrons. The lowest BCUT2D eigenvalue weighted by Crippen LogP contribution is -1.88. The summed E-state index contributed by atoms with van der Waals surface area (Å²) in [6.07, 6.45) is 0. The third-order valence-corrected chi connectivity index (χ3v) is 3.39. The van der Waals surface area contributed by atoms with Gasteiger partial charge in [0.25, 0.3) is 0 Å². The topological polar surface area (TPSA) is 45.9 Å². The molecule has 0 bridgehead atoms. The van der Waals surface area contributed by atoms with Gasteiger partial charge in [-0.1, -0.05) is 0 Å². The fourth-order valence-electron chi connectivity index (χ4n) is 1.46. The minimum absolute atomic E-state index is 0.354. The Labute approximate surface area is 102 Å². The van der Waals surface area contributed by atoms with E-state index in [1.165, 1.54) is 30.6 Å². The zero-order valence-electron chi connectivity index (χ0n) is 9.32. The minimum atomic E-state index is -0.354. The Bertz CT molecular complexity index is 601. The van der Waals surface area contributed by atoms with E-state index < -0.39 is 0 Å². The van der Waals surface area contributed by atoms with Crippen LogP contribution in [-0.4, -0.2) is 12.1 Å². The third-order valence-electron chi connectivity index (χ3n) is 2.29. The minimum Gasteiger partial charge on any atom is -0.496 e. The van der Waals surface area contributed by atoms with Crippen LogP contribution in [0, 0.1) is 24.1 Å². The molecule has 0 aliphatic rings. The van der Waals surface area contributed by atoms with Crippen LogP contribution in [0.25, 0.3) is 10.6 Å². The molecule has 3 nitrogen and oxygen atoms in total. The zero-order valence-corrected chi connectivity index (χ0v) is 10.1. The summed E-state index contributed by atoms with van der Waals surface area (Å²) < 4.78 is 18.4. The summed E-state index contributed by atoms with van der Waals surface area (Å²) in [5, 5.41) is 9.47. The van der Waals surface area contributed by atoms with Crippen molar-refractivity contribution in [3.63, 3.8) is 0 Å². The van der Waals surface area contributed by atoms with Crippen molar-refractivity contribution < 1.29 is 9.13 Å². The number of benzene rings is 1. The van der Waals surface area contributed by atoms with Crippen LogP contribution in [0.3, 0.4) is 0 Å². The molecule has 0 saturated heterocycles. The van der Waals surface area contributed by atoms with E-state index in [1.807, 2.05) is 0 Å². The molecule has 2 rings (SSSR count). The molecule has 0 unspecified atom stereocenters. The van der Waals surface area contributed by atoms with Crippen molar-refractivity contribution in [2.75, 3.05) is 7.11 Å². The van der Waals surface area contributed by atoms with Crippen molar-refractivity contribution in [2.24, 2.45) is 0 Å². The van der Waals surface area contributed by atoms with E-state index in [-0.39, 0.29) is 5.82 Å². The fourth-order valence-corrected chi connectivity index (χ4v) is 2.35. The molecular formula is C12H9FN2OS. The zero-order chi connectivity index (χ0) is 12.4. The van der Waals surface area contributed by atoms with Crippen LogP contribution >= 0.6 is 11.3 Å². The highest BCUT2D eigenvalue weighted by molar-refractivity contribution is 7.15. The molecule has 2 aromatic rings. The highest BCUT2D eigenvalue weighted by Gasteiger charge is 2.13. The highest BCUT2D eigenvalue weighted by atomic mass is 32.1. The largest absolute Gasteiger partial charge is 0.496 e. The Morgan fingerprint density at radius 3 is 2.82 bits per heavy atom. The molecule has 0 spiro atoms. The van der Waals surface area contributed by atoms with Gasteiger partial charge in [0, 0.05) is 0 Å². The fraction of sp³-hybridized carbons (Fsp3) is 0.167. The quantitative estimate of drug-likeness (QED) is 0.820. The van der Waals surface area contributed by atoms with Crippen LogP contribution in [0.4, 0.5) is 4.39 Å². The van der Waals surface area contributed by atoms with Gasteiger partial charge in [0.15, 0.2) is 0 Å². The molecule has 1 aromatic carbocycles. The Morgan fingerprint density at radius 1 is 1.47 bits per heavy atom. The number of rotatable bonds is 2. The van der Waals surface area contributed by atoms with Crippen molar-refractivity contribution >= 4 is 11.3 Å². The second-order valence-electron chi connectivity index (χ2n) is 3.39. The van der Waals surface area contributed by atoms with Crippen molar-refractivity contribution in [3.05, 3.63) is 34.6 Å². The molecule has 0 aliphatic heterocycles. The van der Waals surface area contributed by atoms with Crippen LogP contribution in [-0.2, 0) is 0 Å². The number of hydrogen-bond donors (Lipinski definition) is 0. The Balaban J connectivity index is 2.59. The van der Waals surface area contributed by atoms with Gasteiger partial charge in [0.05, 0.1) is 18.4 Å². The molecule has 17 heavy (non-hydrogen) atoms. The maximum Gasteiger partial charge on any atom is 0.129 e. The van der Waals surface area contributed by atoms with Gasteiger partial charge in [-0.25, -0.2) is 9.37 Å². The maximum atomic E-state index is 13.2. The maximum absolute atomic E-state index is 13.2. The molecule has 0 atom stereocenters. The smallest absolute Gasteiger partial charge is 0.129 e. The third kappa shape index (κ3) is 2.12. The van der Waals surface area contributed by atoms with E-state index in [2.05, 4.69) is 11.1 Å². The lowest BCUT2D eigenvalue weighted by Gasteiger charge is -2.05. The monoisotopic (exact) mass is 248 g/mol. The first-order valence-electron chi connectivity index (χ1n) is 4.87.